The summed E-state index contributed by atoms with van der Waals surface area (Å²) < 4.78 is 23.4. The molecule has 1 aliphatic heterocycles. The van der Waals surface area contributed by atoms with E-state index < -0.39 is 5.97 Å². The summed E-state index contributed by atoms with van der Waals surface area (Å²) >= 11 is 0. The van der Waals surface area contributed by atoms with Gasteiger partial charge >= 0.3 is 5.97 Å². The van der Waals surface area contributed by atoms with Gasteiger partial charge in [-0.25, -0.2) is 9.18 Å². The molecule has 2 rings (SSSR count). The minimum absolute atomic E-state index is 0.0136. The van der Waals surface area contributed by atoms with Gasteiger partial charge in [-0.05, 0) is 43.5 Å². The Bertz CT molecular complexity index is 411. The normalized spacial score (nSPS) is 19.3. The highest BCUT2D eigenvalue weighted by Crippen LogP contribution is 2.15. The first-order valence-electron chi connectivity index (χ1n) is 5.71. The highest BCUT2D eigenvalue weighted by molar-refractivity contribution is 5.90. The topological polar surface area (TPSA) is 35.5 Å². The van der Waals surface area contributed by atoms with Crippen molar-refractivity contribution < 1.29 is 18.7 Å². The average molecular weight is 238 g/mol. The SMILES string of the molecule is Cc1cc(F)ccc1C(=O)OCC1CCCO1. The van der Waals surface area contributed by atoms with E-state index in [1.54, 1.807) is 6.92 Å². The Morgan fingerprint density at radius 1 is 1.59 bits per heavy atom. The summed E-state index contributed by atoms with van der Waals surface area (Å²) in [5, 5.41) is 0. The van der Waals surface area contributed by atoms with Crippen LogP contribution in [-0.4, -0.2) is 25.3 Å². The van der Waals surface area contributed by atoms with E-state index >= 15 is 0 Å². The van der Waals surface area contributed by atoms with E-state index in [1.165, 1.54) is 18.2 Å². The Morgan fingerprint density at radius 3 is 3.06 bits per heavy atom. The molecule has 0 bridgehead atoms. The lowest BCUT2D eigenvalue weighted by molar-refractivity contribution is 0.0160. The smallest absolute Gasteiger partial charge is 0.338 e. The molecule has 0 N–H and O–H groups in total. The molecule has 17 heavy (non-hydrogen) atoms. The average Bonchev–Trinajstić information content (AvgIpc) is 2.78. The fourth-order valence-electron chi connectivity index (χ4n) is 1.88. The van der Waals surface area contributed by atoms with Crippen LogP contribution in [0.3, 0.4) is 0 Å². The van der Waals surface area contributed by atoms with Crippen molar-refractivity contribution in [2.75, 3.05) is 13.2 Å². The van der Waals surface area contributed by atoms with Gasteiger partial charge in [0, 0.05) is 6.61 Å². The Kier molecular flexibility index (Phi) is 3.74. The van der Waals surface area contributed by atoms with Gasteiger partial charge in [0.2, 0.25) is 0 Å². The molecule has 0 saturated carbocycles. The van der Waals surface area contributed by atoms with Crippen LogP contribution in [0.25, 0.3) is 0 Å². The summed E-state index contributed by atoms with van der Waals surface area (Å²) in [6, 6.07) is 4.03. The molecule has 3 nitrogen and oxygen atoms in total. The molecular weight excluding hydrogens is 223 g/mol. The van der Waals surface area contributed by atoms with Gasteiger partial charge in [0.15, 0.2) is 0 Å². The van der Waals surface area contributed by atoms with Gasteiger partial charge in [-0.2, -0.15) is 0 Å². The number of aryl methyl sites for hydroxylation is 1. The molecule has 0 amide bonds. The Morgan fingerprint density at radius 2 is 2.41 bits per heavy atom. The van der Waals surface area contributed by atoms with E-state index in [1.807, 2.05) is 0 Å². The zero-order chi connectivity index (χ0) is 12.3. The monoisotopic (exact) mass is 238 g/mol. The van der Waals surface area contributed by atoms with Gasteiger partial charge in [-0.1, -0.05) is 0 Å². The largest absolute Gasteiger partial charge is 0.459 e. The van der Waals surface area contributed by atoms with Gasteiger partial charge in [-0.3, -0.25) is 0 Å². The van der Waals surface area contributed by atoms with Gasteiger partial charge in [0.05, 0.1) is 11.7 Å². The molecule has 4 heteroatoms. The number of carbonyl (C=O) groups is 1. The van der Waals surface area contributed by atoms with E-state index in [4.69, 9.17) is 9.47 Å². The molecule has 0 spiro atoms. The zero-order valence-electron chi connectivity index (χ0n) is 9.74. The molecule has 1 fully saturated rings. The summed E-state index contributed by atoms with van der Waals surface area (Å²) in [5.41, 5.74) is 0.992. The second kappa shape index (κ2) is 5.27. The van der Waals surface area contributed by atoms with Crippen LogP contribution in [0.2, 0.25) is 0 Å². The van der Waals surface area contributed by atoms with Crippen LogP contribution >= 0.6 is 0 Å². The van der Waals surface area contributed by atoms with Gasteiger partial charge < -0.3 is 9.47 Å². The van der Waals surface area contributed by atoms with Gasteiger partial charge in [-0.15, -0.1) is 0 Å². The second-order valence-corrected chi connectivity index (χ2v) is 4.19. The molecule has 0 aliphatic carbocycles. The molecule has 1 atom stereocenters. The van der Waals surface area contributed by atoms with Crippen molar-refractivity contribution >= 4 is 5.97 Å². The highest BCUT2D eigenvalue weighted by atomic mass is 19.1. The highest BCUT2D eigenvalue weighted by Gasteiger charge is 2.18. The molecule has 1 aromatic rings. The Balaban J connectivity index is 1.94. The van der Waals surface area contributed by atoms with Crippen molar-refractivity contribution in [2.24, 2.45) is 0 Å². The molecule has 92 valence electrons. The number of halogens is 1. The van der Waals surface area contributed by atoms with E-state index in [0.717, 1.165) is 19.4 Å². The fraction of sp³-hybridized carbons (Fsp3) is 0.462. The third kappa shape index (κ3) is 3.03. The maximum Gasteiger partial charge on any atom is 0.338 e. The lowest BCUT2D eigenvalue weighted by Gasteiger charge is -2.11. The van der Waals surface area contributed by atoms with Crippen LogP contribution in [0.1, 0.15) is 28.8 Å². The van der Waals surface area contributed by atoms with Crippen LogP contribution in [0, 0.1) is 12.7 Å². The number of hydrogen-bond acceptors (Lipinski definition) is 3. The van der Waals surface area contributed by atoms with E-state index in [-0.39, 0.29) is 18.5 Å². The fourth-order valence-corrected chi connectivity index (χ4v) is 1.88. The maximum atomic E-state index is 12.9. The van der Waals surface area contributed by atoms with Crippen molar-refractivity contribution in [3.05, 3.63) is 35.1 Å². The van der Waals surface area contributed by atoms with Crippen molar-refractivity contribution in [2.45, 2.75) is 25.9 Å². The third-order valence-corrected chi connectivity index (χ3v) is 2.83. The quantitative estimate of drug-likeness (QED) is 0.759. The van der Waals surface area contributed by atoms with Crippen LogP contribution in [0.4, 0.5) is 4.39 Å². The summed E-state index contributed by atoms with van der Waals surface area (Å²) in [6.07, 6.45) is 1.95. The van der Waals surface area contributed by atoms with Crippen LogP contribution in [0.15, 0.2) is 18.2 Å². The van der Waals surface area contributed by atoms with Gasteiger partial charge in [0.25, 0.3) is 0 Å². The molecular formula is C13H15FO3. The van der Waals surface area contributed by atoms with E-state index in [0.29, 0.717) is 11.1 Å². The van der Waals surface area contributed by atoms with Crippen LogP contribution in [0.5, 0.6) is 0 Å². The van der Waals surface area contributed by atoms with Crippen LogP contribution in [-0.2, 0) is 9.47 Å². The summed E-state index contributed by atoms with van der Waals surface area (Å²) in [7, 11) is 0. The van der Waals surface area contributed by atoms with Gasteiger partial charge in [0.1, 0.15) is 12.4 Å². The summed E-state index contributed by atoms with van der Waals surface area (Å²) in [4.78, 5) is 11.7. The number of carbonyl (C=O) groups excluding carboxylic acids is 1. The molecule has 0 radical (unpaired) electrons. The lowest BCUT2D eigenvalue weighted by Crippen LogP contribution is -2.18. The lowest BCUT2D eigenvalue weighted by atomic mass is 10.1. The minimum atomic E-state index is -0.419. The second-order valence-electron chi connectivity index (χ2n) is 4.19. The number of benzene rings is 1. The maximum absolute atomic E-state index is 12.9. The van der Waals surface area contributed by atoms with Crippen LogP contribution < -0.4 is 0 Å². The first kappa shape index (κ1) is 12.0. The minimum Gasteiger partial charge on any atom is -0.459 e. The number of esters is 1. The number of hydrogen-bond donors (Lipinski definition) is 0. The van der Waals surface area contributed by atoms with E-state index in [9.17, 15) is 9.18 Å². The molecule has 1 heterocycles. The predicted molar refractivity (Wildman–Crippen MR) is 60.4 cm³/mol. The molecule has 1 unspecified atom stereocenters. The third-order valence-electron chi connectivity index (χ3n) is 2.83. The molecule has 0 aromatic heterocycles. The number of ether oxygens (including phenoxy) is 2. The van der Waals surface area contributed by atoms with Crippen molar-refractivity contribution in [3.63, 3.8) is 0 Å². The van der Waals surface area contributed by atoms with Crippen molar-refractivity contribution in [3.8, 4) is 0 Å². The first-order valence-corrected chi connectivity index (χ1v) is 5.71. The Hall–Kier alpha value is -1.42. The van der Waals surface area contributed by atoms with Crippen molar-refractivity contribution in [1.29, 1.82) is 0 Å². The van der Waals surface area contributed by atoms with E-state index in [2.05, 4.69) is 0 Å². The standard InChI is InChI=1S/C13H15FO3/c1-9-7-10(14)4-5-12(9)13(15)17-8-11-3-2-6-16-11/h4-5,7,11H,2-3,6,8H2,1H3. The summed E-state index contributed by atoms with van der Waals surface area (Å²) in [6.45, 7) is 2.69. The molecule has 1 aromatic carbocycles. The Labute approximate surface area is 99.5 Å². The zero-order valence-corrected chi connectivity index (χ0v) is 9.74. The summed E-state index contributed by atoms with van der Waals surface area (Å²) in [5.74, 6) is -0.767. The van der Waals surface area contributed by atoms with Crippen molar-refractivity contribution in [1.82, 2.24) is 0 Å². The first-order chi connectivity index (χ1) is 8.16. The number of rotatable bonds is 3. The predicted octanol–water partition coefficient (Wildman–Crippen LogP) is 2.47. The molecule has 1 saturated heterocycles. The molecule has 1 aliphatic rings.